The first-order valence-corrected chi connectivity index (χ1v) is 15.4. The van der Waals surface area contributed by atoms with Gasteiger partial charge in [-0.15, -0.1) is 0 Å². The Kier molecular flexibility index (Phi) is 14.7. The molecule has 23 heteroatoms. The quantitative estimate of drug-likeness (QED) is 0.0736. The number of hydrogen-bond acceptors (Lipinski definition) is 22. The molecule has 4 fully saturated rings. The van der Waals surface area contributed by atoms with Gasteiger partial charge < -0.3 is 109 Å². The van der Waals surface area contributed by atoms with E-state index in [-0.39, 0.29) is 6.29 Å². The maximum Gasteiger partial charge on any atom is 0.335 e. The minimum atomic E-state index is -2.00. The fraction of sp³-hybridized carbons (Fsp3) is 0.926. The standard InChI is InChI=1S/C27H44O23/c1-42-20-16(36)19(39)26(50-22(20)23(40)41)49-21-15(35)11(47-24-17(37)13(33)8(31)4-43-24)6-45-27(21)48-10-5-44-25(18(38)14(10)34)46-9(3-29)12(32)7(30)2-28/h2,7-22,24-27,29-39H,3-6H2,1H3,(H,40,41)/t7-,8+,9+,10+,11+,12+,13-,14-,15-,16+,17+,18+,19+,20-,21+,22-,24-,25-,26-,27-/m0/s1. The van der Waals surface area contributed by atoms with Crippen molar-refractivity contribution >= 4 is 12.3 Å². The fourth-order valence-corrected chi connectivity index (χ4v) is 5.66. The summed E-state index contributed by atoms with van der Waals surface area (Å²) < 4.78 is 48.8. The van der Waals surface area contributed by atoms with Crippen molar-refractivity contribution in [2.45, 2.75) is 123 Å². The first kappa shape index (κ1) is 41.1. The zero-order chi connectivity index (χ0) is 37.0. The van der Waals surface area contributed by atoms with Crippen LogP contribution in [0.2, 0.25) is 0 Å². The largest absolute Gasteiger partial charge is 0.479 e. The van der Waals surface area contributed by atoms with Crippen molar-refractivity contribution < 1.29 is 113 Å². The van der Waals surface area contributed by atoms with Crippen molar-refractivity contribution in [3.63, 3.8) is 0 Å². The number of aliphatic carboxylic acids is 1. The van der Waals surface area contributed by atoms with E-state index in [1.54, 1.807) is 0 Å². The Labute approximate surface area is 282 Å². The van der Waals surface area contributed by atoms with Gasteiger partial charge in [0.05, 0.1) is 26.4 Å². The molecular weight excluding hydrogens is 692 g/mol. The Morgan fingerprint density at radius 1 is 0.720 bits per heavy atom. The number of aldehydes is 1. The summed E-state index contributed by atoms with van der Waals surface area (Å²) in [4.78, 5) is 22.7. The van der Waals surface area contributed by atoms with E-state index in [0.717, 1.165) is 7.11 Å². The Morgan fingerprint density at radius 3 is 1.88 bits per heavy atom. The third-order valence-corrected chi connectivity index (χ3v) is 8.63. The molecule has 0 aromatic rings. The van der Waals surface area contributed by atoms with Gasteiger partial charge in [0.15, 0.2) is 37.6 Å². The molecule has 4 aliphatic heterocycles. The zero-order valence-corrected chi connectivity index (χ0v) is 26.3. The molecule has 290 valence electrons. The number of carbonyl (C=O) groups is 2. The van der Waals surface area contributed by atoms with Gasteiger partial charge in [-0.3, -0.25) is 0 Å². The number of methoxy groups -OCH3 is 1. The minimum Gasteiger partial charge on any atom is -0.479 e. The molecule has 50 heavy (non-hydrogen) atoms. The lowest BCUT2D eigenvalue weighted by atomic mass is 9.98. The van der Waals surface area contributed by atoms with E-state index in [0.29, 0.717) is 0 Å². The summed E-state index contributed by atoms with van der Waals surface area (Å²) in [7, 11) is 1.06. The lowest BCUT2D eigenvalue weighted by Crippen LogP contribution is -2.65. The number of rotatable bonds is 14. The molecule has 23 nitrogen and oxygen atoms in total. The molecule has 0 aromatic carbocycles. The number of aliphatic hydroxyl groups is 11. The normalized spacial score (nSPS) is 46.1. The Balaban J connectivity index is 1.51. The van der Waals surface area contributed by atoms with Gasteiger partial charge in [0.25, 0.3) is 0 Å². The molecule has 4 saturated heterocycles. The number of carboxylic acids is 1. The number of carboxylic acid groups (broad SMARTS) is 1. The lowest BCUT2D eigenvalue weighted by Gasteiger charge is -2.47. The fourth-order valence-electron chi connectivity index (χ4n) is 5.66. The van der Waals surface area contributed by atoms with E-state index in [1.807, 2.05) is 0 Å². The van der Waals surface area contributed by atoms with Crippen molar-refractivity contribution in [3.8, 4) is 0 Å². The number of ether oxygens (including phenoxy) is 9. The predicted octanol–water partition coefficient (Wildman–Crippen LogP) is -8.78. The molecular formula is C27H44O23. The van der Waals surface area contributed by atoms with Crippen molar-refractivity contribution in [2.75, 3.05) is 33.5 Å². The second-order valence-electron chi connectivity index (χ2n) is 12.0. The van der Waals surface area contributed by atoms with E-state index in [2.05, 4.69) is 0 Å². The van der Waals surface area contributed by atoms with Crippen LogP contribution < -0.4 is 0 Å². The van der Waals surface area contributed by atoms with Crippen molar-refractivity contribution in [3.05, 3.63) is 0 Å². The summed E-state index contributed by atoms with van der Waals surface area (Å²) in [6.45, 7) is -2.57. The van der Waals surface area contributed by atoms with Crippen molar-refractivity contribution in [1.29, 1.82) is 0 Å². The molecule has 0 aliphatic carbocycles. The van der Waals surface area contributed by atoms with E-state index >= 15 is 0 Å². The Hall–Kier alpha value is -1.66. The average Bonchev–Trinajstić information content (AvgIpc) is 3.10. The van der Waals surface area contributed by atoms with Crippen LogP contribution >= 0.6 is 0 Å². The van der Waals surface area contributed by atoms with Gasteiger partial charge >= 0.3 is 5.97 Å². The van der Waals surface area contributed by atoms with Crippen molar-refractivity contribution in [2.24, 2.45) is 0 Å². The molecule has 0 spiro atoms. The maximum atomic E-state index is 11.8. The molecule has 0 amide bonds. The van der Waals surface area contributed by atoms with E-state index in [1.165, 1.54) is 0 Å². The first-order valence-electron chi connectivity index (χ1n) is 15.4. The Morgan fingerprint density at radius 2 is 1.28 bits per heavy atom. The summed E-state index contributed by atoms with van der Waals surface area (Å²) in [5.74, 6) is -1.61. The van der Waals surface area contributed by atoms with Crippen LogP contribution in [0.25, 0.3) is 0 Å². The summed E-state index contributed by atoms with van der Waals surface area (Å²) >= 11 is 0. The van der Waals surface area contributed by atoms with E-state index in [9.17, 15) is 70.9 Å². The molecule has 20 atom stereocenters. The van der Waals surface area contributed by atoms with Gasteiger partial charge in [0.2, 0.25) is 0 Å². The van der Waals surface area contributed by atoms with Crippen LogP contribution in [0.3, 0.4) is 0 Å². The van der Waals surface area contributed by atoms with Crippen LogP contribution in [0.4, 0.5) is 0 Å². The highest BCUT2D eigenvalue weighted by Crippen LogP contribution is 2.32. The van der Waals surface area contributed by atoms with Crippen LogP contribution in [-0.4, -0.2) is 230 Å². The average molecular weight is 737 g/mol. The second kappa shape index (κ2) is 17.9. The van der Waals surface area contributed by atoms with Crippen LogP contribution in [0.15, 0.2) is 0 Å². The number of aliphatic hydroxyl groups excluding tert-OH is 11. The summed E-state index contributed by atoms with van der Waals surface area (Å²) in [6, 6.07) is 0. The summed E-state index contributed by atoms with van der Waals surface area (Å²) in [5.41, 5.74) is 0. The van der Waals surface area contributed by atoms with Gasteiger partial charge in [-0.1, -0.05) is 0 Å². The number of carbonyl (C=O) groups excluding carboxylic acids is 1. The first-order chi connectivity index (χ1) is 23.6. The molecule has 4 heterocycles. The highest BCUT2D eigenvalue weighted by Gasteiger charge is 2.54. The summed E-state index contributed by atoms with van der Waals surface area (Å²) in [6.07, 6.45) is -35.5. The predicted molar refractivity (Wildman–Crippen MR) is 149 cm³/mol. The van der Waals surface area contributed by atoms with Gasteiger partial charge in [-0.05, 0) is 0 Å². The third kappa shape index (κ3) is 8.92. The van der Waals surface area contributed by atoms with Gasteiger partial charge in [0.1, 0.15) is 91.6 Å². The van der Waals surface area contributed by atoms with Crippen LogP contribution in [0, 0.1) is 0 Å². The van der Waals surface area contributed by atoms with Crippen LogP contribution in [0.1, 0.15) is 0 Å². The second-order valence-corrected chi connectivity index (χ2v) is 12.0. The Bertz CT molecular complexity index is 1090. The van der Waals surface area contributed by atoms with Gasteiger partial charge in [-0.25, -0.2) is 4.79 Å². The lowest BCUT2D eigenvalue weighted by molar-refractivity contribution is -0.381. The van der Waals surface area contributed by atoms with Crippen molar-refractivity contribution in [1.82, 2.24) is 0 Å². The minimum absolute atomic E-state index is 0.0197. The van der Waals surface area contributed by atoms with Crippen LogP contribution in [-0.2, 0) is 52.2 Å². The monoisotopic (exact) mass is 736 g/mol. The molecule has 4 aliphatic rings. The molecule has 0 unspecified atom stereocenters. The highest BCUT2D eigenvalue weighted by molar-refractivity contribution is 5.73. The smallest absolute Gasteiger partial charge is 0.335 e. The highest BCUT2D eigenvalue weighted by atomic mass is 16.8. The third-order valence-electron chi connectivity index (χ3n) is 8.63. The molecule has 0 bridgehead atoms. The molecule has 0 radical (unpaired) electrons. The van der Waals surface area contributed by atoms with Gasteiger partial charge in [-0.2, -0.15) is 0 Å². The van der Waals surface area contributed by atoms with Crippen LogP contribution in [0.5, 0.6) is 0 Å². The SMILES string of the molecule is CO[C@H]1[C@H](O)[C@@H](O)[C@@H](O[C@H]2[C@H](O[C@@H]3CO[C@@H](O[C@H](CO)[C@H](O)[C@@H](O)C=O)[C@H](O)[C@H]3O)OC[C@@H](O[C@@H]3OC[C@@H](O)[C@H](O)[C@H]3O)[C@@H]2O)O[C@@H]1C(=O)O. The topological polar surface area (TPSA) is 360 Å². The molecule has 0 saturated carbocycles. The maximum absolute atomic E-state index is 11.8. The number of hydrogen-bond donors (Lipinski definition) is 12. The van der Waals surface area contributed by atoms with E-state index in [4.69, 9.17) is 42.6 Å². The van der Waals surface area contributed by atoms with Gasteiger partial charge in [0, 0.05) is 7.11 Å². The zero-order valence-electron chi connectivity index (χ0n) is 26.3. The van der Waals surface area contributed by atoms with E-state index < -0.39 is 155 Å². The molecule has 4 rings (SSSR count). The molecule has 12 N–H and O–H groups in total. The molecule has 0 aromatic heterocycles. The summed E-state index contributed by atoms with van der Waals surface area (Å²) in [5, 5.41) is 123.